The van der Waals surface area contributed by atoms with E-state index in [-0.39, 0.29) is 0 Å². The lowest BCUT2D eigenvalue weighted by Gasteiger charge is -2.22. The van der Waals surface area contributed by atoms with E-state index in [9.17, 15) is 0 Å². The maximum atomic E-state index is 2.35. The lowest BCUT2D eigenvalue weighted by Crippen LogP contribution is -2.10. The highest BCUT2D eigenvalue weighted by Crippen LogP contribution is 2.43. The van der Waals surface area contributed by atoms with Gasteiger partial charge in [0.2, 0.25) is 0 Å². The van der Waals surface area contributed by atoms with E-state index in [0.29, 0.717) is 0 Å². The van der Waals surface area contributed by atoms with E-state index in [1.54, 1.807) is 11.1 Å². The number of benzene rings is 2. The summed E-state index contributed by atoms with van der Waals surface area (Å²) in [4.78, 5) is 0. The number of fused-ring (bicyclic) bond motifs is 5. The SMILES string of the molecule is [CH]1c2ccccc2-c2ccc3c(c21)CC3. The van der Waals surface area contributed by atoms with Crippen LogP contribution in [0.25, 0.3) is 11.1 Å². The van der Waals surface area contributed by atoms with Gasteiger partial charge in [0.1, 0.15) is 0 Å². The summed E-state index contributed by atoms with van der Waals surface area (Å²) in [6, 6.07) is 13.3. The maximum absolute atomic E-state index is 2.35. The van der Waals surface area contributed by atoms with E-state index < -0.39 is 0 Å². The number of hydrogen-bond acceptors (Lipinski definition) is 0. The number of rotatable bonds is 0. The van der Waals surface area contributed by atoms with E-state index in [2.05, 4.69) is 42.8 Å². The molecular formula is C15H11. The van der Waals surface area contributed by atoms with Gasteiger partial charge in [-0.15, -0.1) is 0 Å². The molecule has 71 valence electrons. The van der Waals surface area contributed by atoms with Gasteiger partial charge in [-0.3, -0.25) is 0 Å². The van der Waals surface area contributed by atoms with Crippen molar-refractivity contribution in [3.63, 3.8) is 0 Å². The molecule has 0 N–H and O–H groups in total. The monoisotopic (exact) mass is 191 g/mol. The van der Waals surface area contributed by atoms with Crippen molar-refractivity contribution in [1.82, 2.24) is 0 Å². The zero-order valence-electron chi connectivity index (χ0n) is 8.46. The average Bonchev–Trinajstić information content (AvgIpc) is 2.56. The summed E-state index contributed by atoms with van der Waals surface area (Å²) in [7, 11) is 0. The minimum atomic E-state index is 1.27. The quantitative estimate of drug-likeness (QED) is 0.511. The molecule has 0 fully saturated rings. The molecule has 15 heavy (non-hydrogen) atoms. The summed E-state index contributed by atoms with van der Waals surface area (Å²) < 4.78 is 0. The smallest absolute Gasteiger partial charge is 0.0214 e. The van der Waals surface area contributed by atoms with Gasteiger partial charge in [-0.2, -0.15) is 0 Å². The summed E-state index contributed by atoms with van der Waals surface area (Å²) in [6.07, 6.45) is 4.89. The molecule has 0 aliphatic heterocycles. The second kappa shape index (κ2) is 2.52. The van der Waals surface area contributed by atoms with Gasteiger partial charge in [0.15, 0.2) is 0 Å². The van der Waals surface area contributed by atoms with Gasteiger partial charge in [0.25, 0.3) is 0 Å². The van der Waals surface area contributed by atoms with E-state index in [0.717, 1.165) is 0 Å². The van der Waals surface area contributed by atoms with Crippen molar-refractivity contribution in [2.24, 2.45) is 0 Å². The van der Waals surface area contributed by atoms with Gasteiger partial charge in [-0.25, -0.2) is 0 Å². The van der Waals surface area contributed by atoms with Gasteiger partial charge >= 0.3 is 0 Å². The second-order valence-electron chi connectivity index (χ2n) is 4.40. The van der Waals surface area contributed by atoms with Crippen LogP contribution in [-0.4, -0.2) is 0 Å². The minimum Gasteiger partial charge on any atom is -0.0619 e. The highest BCUT2D eigenvalue weighted by molar-refractivity contribution is 5.83. The van der Waals surface area contributed by atoms with Crippen molar-refractivity contribution in [2.45, 2.75) is 12.8 Å². The molecule has 0 nitrogen and oxygen atoms in total. The van der Waals surface area contributed by atoms with Crippen molar-refractivity contribution >= 4 is 0 Å². The largest absolute Gasteiger partial charge is 0.0619 e. The van der Waals surface area contributed by atoms with E-state index in [1.807, 2.05) is 0 Å². The first-order chi connectivity index (χ1) is 7.43. The molecule has 0 atom stereocenters. The first-order valence-electron chi connectivity index (χ1n) is 5.52. The summed E-state index contributed by atoms with van der Waals surface area (Å²) in [5.41, 5.74) is 8.85. The van der Waals surface area contributed by atoms with Crippen LogP contribution in [0, 0.1) is 6.42 Å². The summed E-state index contributed by atoms with van der Waals surface area (Å²) in [5, 5.41) is 0. The first kappa shape index (κ1) is 7.70. The predicted molar refractivity (Wildman–Crippen MR) is 61.8 cm³/mol. The van der Waals surface area contributed by atoms with Crippen LogP contribution >= 0.6 is 0 Å². The Morgan fingerprint density at radius 1 is 0.800 bits per heavy atom. The van der Waals surface area contributed by atoms with Crippen LogP contribution in [0.5, 0.6) is 0 Å². The Kier molecular flexibility index (Phi) is 1.29. The Morgan fingerprint density at radius 2 is 1.73 bits per heavy atom. The summed E-state index contributed by atoms with van der Waals surface area (Å²) in [6.45, 7) is 0. The molecule has 0 unspecified atom stereocenters. The number of aryl methyl sites for hydroxylation is 1. The Balaban J connectivity index is 2.05. The zero-order valence-corrected chi connectivity index (χ0v) is 8.46. The van der Waals surface area contributed by atoms with Crippen LogP contribution in [0.3, 0.4) is 0 Å². The van der Waals surface area contributed by atoms with Crippen molar-refractivity contribution in [1.29, 1.82) is 0 Å². The Hall–Kier alpha value is -1.56. The van der Waals surface area contributed by atoms with Gasteiger partial charge in [0.05, 0.1) is 0 Å². The van der Waals surface area contributed by atoms with Gasteiger partial charge in [0, 0.05) is 6.42 Å². The summed E-state index contributed by atoms with van der Waals surface area (Å²) >= 11 is 0. The summed E-state index contributed by atoms with van der Waals surface area (Å²) in [5.74, 6) is 0. The molecule has 2 aromatic rings. The van der Waals surface area contributed by atoms with E-state index in [4.69, 9.17) is 0 Å². The fourth-order valence-electron chi connectivity index (χ4n) is 2.75. The topological polar surface area (TPSA) is 0 Å². The third kappa shape index (κ3) is 0.872. The van der Waals surface area contributed by atoms with Crippen molar-refractivity contribution in [3.8, 4) is 11.1 Å². The van der Waals surface area contributed by atoms with E-state index in [1.165, 1.54) is 35.1 Å². The van der Waals surface area contributed by atoms with E-state index >= 15 is 0 Å². The molecule has 0 bridgehead atoms. The highest BCUT2D eigenvalue weighted by atomic mass is 14.3. The average molecular weight is 191 g/mol. The lowest BCUT2D eigenvalue weighted by atomic mass is 9.83. The fourth-order valence-corrected chi connectivity index (χ4v) is 2.75. The normalized spacial score (nSPS) is 15.2. The second-order valence-corrected chi connectivity index (χ2v) is 4.40. The molecule has 0 aromatic heterocycles. The first-order valence-corrected chi connectivity index (χ1v) is 5.52. The number of hydrogen-bond donors (Lipinski definition) is 0. The van der Waals surface area contributed by atoms with Crippen molar-refractivity contribution < 1.29 is 0 Å². The molecule has 2 aliphatic rings. The molecule has 0 saturated carbocycles. The Bertz CT molecular complexity index is 564. The standard InChI is InChI=1S/C15H11/c1-2-4-12-11(3-1)9-15-13-7-5-10(13)6-8-14(12)15/h1-4,6,8-9H,5,7H2. The molecule has 0 saturated heterocycles. The molecule has 2 aromatic carbocycles. The maximum Gasteiger partial charge on any atom is 0.0214 e. The zero-order chi connectivity index (χ0) is 9.83. The van der Waals surface area contributed by atoms with Crippen molar-refractivity contribution in [2.75, 3.05) is 0 Å². The highest BCUT2D eigenvalue weighted by Gasteiger charge is 2.25. The molecule has 4 rings (SSSR count). The van der Waals surface area contributed by atoms with Gasteiger partial charge in [-0.1, -0.05) is 36.4 Å². The van der Waals surface area contributed by atoms with Crippen LogP contribution in [0.15, 0.2) is 36.4 Å². The van der Waals surface area contributed by atoms with Gasteiger partial charge < -0.3 is 0 Å². The molecule has 0 heteroatoms. The molecular weight excluding hydrogens is 180 g/mol. The van der Waals surface area contributed by atoms with Crippen LogP contribution in [0.2, 0.25) is 0 Å². The Morgan fingerprint density at radius 3 is 2.60 bits per heavy atom. The van der Waals surface area contributed by atoms with Gasteiger partial charge in [-0.05, 0) is 46.2 Å². The third-order valence-electron chi connectivity index (χ3n) is 3.65. The van der Waals surface area contributed by atoms with Crippen LogP contribution in [0.1, 0.15) is 22.3 Å². The molecule has 1 radical (unpaired) electrons. The van der Waals surface area contributed by atoms with Crippen LogP contribution in [-0.2, 0) is 12.8 Å². The van der Waals surface area contributed by atoms with Crippen LogP contribution < -0.4 is 0 Å². The van der Waals surface area contributed by atoms with Crippen molar-refractivity contribution in [3.05, 3.63) is 65.1 Å². The minimum absolute atomic E-state index is 1.27. The molecule has 0 spiro atoms. The molecule has 2 aliphatic carbocycles. The molecule has 0 amide bonds. The van der Waals surface area contributed by atoms with Crippen LogP contribution in [0.4, 0.5) is 0 Å². The predicted octanol–water partition coefficient (Wildman–Crippen LogP) is 3.37. The molecule has 0 heterocycles. The lowest BCUT2D eigenvalue weighted by molar-refractivity contribution is 0.833. The fraction of sp³-hybridized carbons (Fsp3) is 0.133. The third-order valence-corrected chi connectivity index (χ3v) is 3.65. The Labute approximate surface area is 89.6 Å².